The number of aliphatic hydroxyl groups excluding tert-OH is 1. The molecule has 15 heteroatoms. The van der Waals surface area contributed by atoms with Gasteiger partial charge in [-0.15, -0.1) is 0 Å². The molecule has 0 bridgehead atoms. The summed E-state index contributed by atoms with van der Waals surface area (Å²) >= 11 is 0. The van der Waals surface area contributed by atoms with E-state index in [1.165, 1.54) is 19.0 Å². The minimum Gasteiger partial charge on any atom is -0.480 e. The summed E-state index contributed by atoms with van der Waals surface area (Å²) in [7, 11) is 2.96. The van der Waals surface area contributed by atoms with E-state index in [0.29, 0.717) is 12.8 Å². The van der Waals surface area contributed by atoms with Crippen LogP contribution >= 0.6 is 0 Å². The summed E-state index contributed by atoms with van der Waals surface area (Å²) in [5.41, 5.74) is 1.62. The molecule has 0 fully saturated rings. The number of esters is 3. The monoisotopic (exact) mass is 1070 g/mol. The van der Waals surface area contributed by atoms with Crippen molar-refractivity contribution in [2.45, 2.75) is 157 Å². The van der Waals surface area contributed by atoms with Crippen molar-refractivity contribution >= 4 is 36.1 Å². The van der Waals surface area contributed by atoms with Gasteiger partial charge in [-0.05, 0) is 87.5 Å². The summed E-state index contributed by atoms with van der Waals surface area (Å²) in [6, 6.07) is 35.5. The standard InChI is InChI=1S/C29H39NO6.C16H16O3.C13H25NO4.15H2/c1-28(2,3)19-23(30(7)27(33)36-29(4,5)6)25(31)35-24(18-21-14-10-8-11-15-21)26(32)34-20-22-16-12-9-13-17-22;17-15(11-13-7-3-1-4-8-13)16(18)19-12-14-9-5-2-6-10-14;1-12(2,3)8-9(10(15)16)14(7)11(17)18-13(4,5)6;;;;;;;;;;;;;;;/h8-17,23-24H,18-20H2,1-7H3;1-10,15,17H,11-12H2;9H,8H2,1-7H3,(H,15,16);15*1H/t23-,24+;15-;9-;;;;;;;;;;;;;;;/m010.............../s1/i;;;15*1+1D. The first kappa shape index (κ1) is 41.7. The van der Waals surface area contributed by atoms with E-state index in [2.05, 4.69) is 0 Å². The molecule has 0 saturated heterocycles. The second-order valence-electron chi connectivity index (χ2n) is 22.1. The summed E-state index contributed by atoms with van der Waals surface area (Å²) < 4.78 is 177. The number of benzene rings is 4. The second kappa shape index (κ2) is 29.1. The van der Waals surface area contributed by atoms with Gasteiger partial charge in [-0.3, -0.25) is 9.80 Å². The van der Waals surface area contributed by atoms with Gasteiger partial charge in [0, 0.05) is 71.5 Å². The van der Waals surface area contributed by atoms with Crippen molar-refractivity contribution in [1.29, 1.82) is 0 Å². The minimum absolute atomic E-state index is 0.0613. The summed E-state index contributed by atoms with van der Waals surface area (Å²) in [4.78, 5) is 76.4. The number of amides is 2. The molecule has 0 aliphatic rings. The lowest BCUT2D eigenvalue weighted by molar-refractivity contribution is -0.172. The van der Waals surface area contributed by atoms with Gasteiger partial charge in [-0.2, -0.15) is 0 Å². The highest BCUT2D eigenvalue weighted by atomic mass is 16.6. The van der Waals surface area contributed by atoms with Gasteiger partial charge in [0.15, 0.2) is 6.10 Å². The van der Waals surface area contributed by atoms with Crippen molar-refractivity contribution in [3.63, 3.8) is 0 Å². The zero-order chi connectivity index (χ0) is 85.2. The molecule has 0 aliphatic carbocycles. The number of hydrogen-bond donors (Lipinski definition) is 2. The van der Waals surface area contributed by atoms with Gasteiger partial charge in [0.25, 0.3) is 0 Å². The number of hydrogen-bond acceptors (Lipinski definition) is 12. The molecule has 0 aromatic heterocycles. The lowest BCUT2D eigenvalue weighted by atomic mass is 9.87. The van der Waals surface area contributed by atoms with Crippen LogP contribution in [0.2, 0.25) is 0 Å². The third-order valence-corrected chi connectivity index (χ3v) is 10.2. The molecule has 0 heterocycles. The van der Waals surface area contributed by atoms with Crippen molar-refractivity contribution in [1.82, 2.24) is 9.80 Å². The van der Waals surface area contributed by atoms with Crippen LogP contribution in [0.1, 0.15) is 163 Å². The number of ether oxygens (including phenoxy) is 5. The Bertz CT molecular complexity index is 2390. The summed E-state index contributed by atoms with van der Waals surface area (Å²) in [6.07, 6.45) is -2.42. The fraction of sp³-hybridized carbons (Fsp3) is 0.483. The number of aliphatic carboxylic acids is 1. The largest absolute Gasteiger partial charge is 0.480 e. The second-order valence-corrected chi connectivity index (χ2v) is 22.1. The molecule has 0 aliphatic heterocycles. The number of carbonyl (C=O) groups excluding carboxylic acids is 5. The Hall–Kier alpha value is -6.74. The van der Waals surface area contributed by atoms with Crippen LogP contribution in [0.4, 0.5) is 9.59 Å². The molecule has 0 unspecified atom stereocenters. The Morgan fingerprint density at radius 1 is 0.493 bits per heavy atom. The van der Waals surface area contributed by atoms with Gasteiger partial charge in [-0.1, -0.05) is 163 Å². The maximum absolute atomic E-state index is 13.4. The van der Waals surface area contributed by atoms with Gasteiger partial charge in [-0.25, -0.2) is 28.8 Å². The topological polar surface area (TPSA) is 196 Å². The van der Waals surface area contributed by atoms with E-state index >= 15 is 0 Å². The van der Waals surface area contributed by atoms with E-state index in [-0.39, 0.29) is 36.9 Å². The van der Waals surface area contributed by atoms with Crippen molar-refractivity contribution in [2.24, 2.45) is 10.8 Å². The van der Waals surface area contributed by atoms with Crippen LogP contribution in [-0.4, -0.2) is 106 Å². The number of carbonyl (C=O) groups is 6. The zero-order valence-electron chi connectivity index (χ0n) is 75.4. The van der Waals surface area contributed by atoms with Crippen molar-refractivity contribution in [3.8, 4) is 0 Å². The Morgan fingerprint density at radius 2 is 0.822 bits per heavy atom. The highest BCUT2D eigenvalue weighted by Gasteiger charge is 2.38. The molecule has 0 saturated carbocycles. The van der Waals surface area contributed by atoms with Crippen LogP contribution in [0.3, 0.4) is 0 Å². The first-order valence-corrected chi connectivity index (χ1v) is 24.4. The maximum atomic E-state index is 13.4. The van der Waals surface area contributed by atoms with Crippen LogP contribution in [-0.2, 0) is 68.9 Å². The van der Waals surface area contributed by atoms with Crippen LogP contribution in [0.25, 0.3) is 0 Å². The van der Waals surface area contributed by atoms with Gasteiger partial charge < -0.3 is 33.9 Å². The molecule has 4 atom stereocenters. The number of rotatable bonds is 17. The normalized spacial score (nSPS) is 14.7. The third kappa shape index (κ3) is 26.5. The molecule has 4 aromatic carbocycles. The van der Waals surface area contributed by atoms with E-state index in [9.17, 15) is 39.0 Å². The Kier molecular flexibility index (Phi) is 16.6. The SMILES string of the molecule is CN(C(=O)OC(C)(C)C)[C@@H](CC(C)(C)C)C(=O)O.CN(C(=O)OC(C)(C)C)[C@@H](CC(C)(C)C)C(=O)O[C@H](Cc1ccccc1)C(=O)OCc1ccccc1.O=C(OCc1ccccc1)[C@H](O)Cc1ccccc1.[2H][2H].[2H][2H].[2H][2H].[2H][2H].[2H][2H].[2H][2H].[2H][2H].[2H][2H].[2H][2H].[2H][2H].[2H][2H].[2H][2H].[2H][2H].[2H][2H].[2H][2H]. The average Bonchev–Trinajstić information content (AvgIpc) is 0.843. The Morgan fingerprint density at radius 3 is 1.18 bits per heavy atom. The minimum atomic E-state index is -1.17. The first-order chi connectivity index (χ1) is 48.8. The molecule has 73 heavy (non-hydrogen) atoms. The van der Waals surface area contributed by atoms with Crippen molar-refractivity contribution in [2.75, 3.05) is 14.1 Å². The third-order valence-electron chi connectivity index (χ3n) is 10.2. The van der Waals surface area contributed by atoms with Gasteiger partial charge in [0.05, 0.1) is 0 Å². The summed E-state index contributed by atoms with van der Waals surface area (Å²) in [6.45, 7) is 22.5. The lowest BCUT2D eigenvalue weighted by Crippen LogP contribution is -2.48. The predicted molar refractivity (Wildman–Crippen MR) is 312 cm³/mol. The molecule has 2 N–H and O–H groups in total. The maximum Gasteiger partial charge on any atom is 0.410 e. The molecular weight excluding hydrogens is 933 g/mol. The van der Waals surface area contributed by atoms with Gasteiger partial charge in [0.1, 0.15) is 36.5 Å². The number of likely N-dealkylation sites (N-methyl/N-ethyl adjacent to an activating group) is 2. The van der Waals surface area contributed by atoms with Crippen LogP contribution in [0, 0.1) is 10.8 Å². The molecule has 430 valence electrons. The first-order valence-electron chi connectivity index (χ1n) is 39.4. The van der Waals surface area contributed by atoms with Crippen LogP contribution < -0.4 is 0 Å². The van der Waals surface area contributed by atoms with Crippen LogP contribution in [0.15, 0.2) is 121 Å². The predicted octanol–water partition coefficient (Wildman–Crippen LogP) is 14.3. The van der Waals surface area contributed by atoms with Crippen molar-refractivity contribution in [3.05, 3.63) is 144 Å². The number of aliphatic hydroxyl groups is 1. The quantitative estimate of drug-likeness (QED) is 0.0749. The fourth-order valence-corrected chi connectivity index (χ4v) is 6.64. The molecule has 2 amide bonds. The fourth-order valence-electron chi connectivity index (χ4n) is 6.64. The average molecular weight is 1070 g/mol. The summed E-state index contributed by atoms with van der Waals surface area (Å²) in [5, 5.41) is 19.0. The number of carboxylic acid groups (broad SMARTS) is 1. The highest BCUT2D eigenvalue weighted by Crippen LogP contribution is 2.27. The highest BCUT2D eigenvalue weighted by molar-refractivity contribution is 5.85. The smallest absolute Gasteiger partial charge is 0.410 e. The van der Waals surface area contributed by atoms with Gasteiger partial charge >= 0.3 is 36.1 Å². The van der Waals surface area contributed by atoms with E-state index in [1.807, 2.05) is 163 Å². The van der Waals surface area contributed by atoms with Gasteiger partial charge in [0.2, 0.25) is 6.10 Å². The molecule has 4 aromatic rings. The lowest BCUT2D eigenvalue weighted by Gasteiger charge is -2.33. The summed E-state index contributed by atoms with van der Waals surface area (Å²) in [5.74, 6) is -2.94. The van der Waals surface area contributed by atoms with E-state index < -0.39 is 71.6 Å². The Balaban J connectivity index is -0.0000000845. The molecule has 0 spiro atoms. The molecule has 15 nitrogen and oxygen atoms in total. The molecular formula is C58H110N2O13. The number of carboxylic acids is 1. The van der Waals surface area contributed by atoms with Crippen molar-refractivity contribution < 1.29 is 107 Å². The molecule has 0 radical (unpaired) electrons. The van der Waals surface area contributed by atoms with E-state index in [1.54, 1.807) is 41.5 Å². The zero-order valence-corrected chi connectivity index (χ0v) is 45.4. The Labute approximate surface area is 479 Å². The molecule has 4 rings (SSSR count). The van der Waals surface area contributed by atoms with Crippen LogP contribution in [0.5, 0.6) is 0 Å². The number of nitrogens with zero attached hydrogens (tertiary/aromatic N) is 2. The van der Waals surface area contributed by atoms with E-state index in [4.69, 9.17) is 68.2 Å². The van der Waals surface area contributed by atoms with E-state index in [0.717, 1.165) is 27.2 Å².